The van der Waals surface area contributed by atoms with Gasteiger partial charge in [-0.1, -0.05) is 24.3 Å². The number of aliphatic imine (C=N–C) groups is 1. The molecule has 1 saturated heterocycles. The van der Waals surface area contributed by atoms with Crippen molar-refractivity contribution in [3.05, 3.63) is 65.0 Å². The molecule has 1 unspecified atom stereocenters. The average Bonchev–Trinajstić information content (AvgIpc) is 3.28. The van der Waals surface area contributed by atoms with Crippen molar-refractivity contribution in [3.63, 3.8) is 0 Å². The summed E-state index contributed by atoms with van der Waals surface area (Å²) in [4.78, 5) is 7.18. The molecule has 2 aromatic rings. The Labute approximate surface area is 213 Å². The molecule has 2 heterocycles. The number of guanidine groups is 1. The minimum absolute atomic E-state index is 0. The lowest BCUT2D eigenvalue weighted by atomic mass is 10.0. The third-order valence-corrected chi connectivity index (χ3v) is 5.95. The van der Waals surface area contributed by atoms with E-state index >= 15 is 0 Å². The summed E-state index contributed by atoms with van der Waals surface area (Å²) in [6, 6.07) is 13.3. The number of morpholine rings is 1. The van der Waals surface area contributed by atoms with Crippen LogP contribution < -0.4 is 15.4 Å². The summed E-state index contributed by atoms with van der Waals surface area (Å²) in [5.74, 6) is 1.59. The second-order valence-corrected chi connectivity index (χ2v) is 8.16. The molecule has 2 aromatic carbocycles. The van der Waals surface area contributed by atoms with Crippen LogP contribution in [0.1, 0.15) is 29.7 Å². The fourth-order valence-corrected chi connectivity index (χ4v) is 4.27. The minimum atomic E-state index is -0.213. The highest BCUT2D eigenvalue weighted by atomic mass is 127. The lowest BCUT2D eigenvalue weighted by Gasteiger charge is -2.34. The largest absolute Gasteiger partial charge is 0.493 e. The van der Waals surface area contributed by atoms with E-state index in [2.05, 4.69) is 40.7 Å². The Morgan fingerprint density at radius 1 is 1.12 bits per heavy atom. The lowest BCUT2D eigenvalue weighted by Crippen LogP contribution is -2.42. The van der Waals surface area contributed by atoms with Gasteiger partial charge in [-0.25, -0.2) is 4.39 Å². The standard InChI is InChI=1S/C25H33FN4O2.HI/c1-2-27-25(28-10-8-19-6-7-24-21(16-19)9-13-32-24)29-18-23(30-11-14-31-15-12-30)20-4-3-5-22(26)17-20;/h3-7,16-17,23H,2,8-15,18H2,1H3,(H2,27,28,29);1H. The van der Waals surface area contributed by atoms with Gasteiger partial charge in [-0.3, -0.25) is 9.89 Å². The summed E-state index contributed by atoms with van der Waals surface area (Å²) in [5.41, 5.74) is 3.54. The molecular weight excluding hydrogens is 534 g/mol. The van der Waals surface area contributed by atoms with Gasteiger partial charge in [-0.05, 0) is 48.2 Å². The first-order valence-corrected chi connectivity index (χ1v) is 11.6. The summed E-state index contributed by atoms with van der Waals surface area (Å²) in [6.45, 7) is 7.99. The van der Waals surface area contributed by atoms with E-state index in [1.165, 1.54) is 17.2 Å². The number of hydrogen-bond acceptors (Lipinski definition) is 4. The molecule has 0 bridgehead atoms. The number of nitrogens with one attached hydrogen (secondary N) is 2. The van der Waals surface area contributed by atoms with Crippen LogP contribution in [0.5, 0.6) is 5.75 Å². The molecule has 2 N–H and O–H groups in total. The molecule has 2 aliphatic rings. The minimum Gasteiger partial charge on any atom is -0.493 e. The number of nitrogens with zero attached hydrogens (tertiary/aromatic N) is 2. The molecule has 8 heteroatoms. The predicted molar refractivity (Wildman–Crippen MR) is 140 cm³/mol. The molecule has 2 aliphatic heterocycles. The highest BCUT2D eigenvalue weighted by Crippen LogP contribution is 2.26. The van der Waals surface area contributed by atoms with Gasteiger partial charge >= 0.3 is 0 Å². The van der Waals surface area contributed by atoms with Gasteiger partial charge in [0, 0.05) is 32.6 Å². The molecule has 1 fully saturated rings. The van der Waals surface area contributed by atoms with Gasteiger partial charge in [-0.15, -0.1) is 24.0 Å². The first-order chi connectivity index (χ1) is 15.7. The van der Waals surface area contributed by atoms with Crippen LogP contribution in [0.2, 0.25) is 0 Å². The normalized spacial score (nSPS) is 17.0. The van der Waals surface area contributed by atoms with Crippen molar-refractivity contribution in [1.29, 1.82) is 0 Å². The molecule has 0 spiro atoms. The van der Waals surface area contributed by atoms with Crippen LogP contribution in [0.3, 0.4) is 0 Å². The van der Waals surface area contributed by atoms with Crippen molar-refractivity contribution < 1.29 is 13.9 Å². The fourth-order valence-electron chi connectivity index (χ4n) is 4.27. The molecule has 6 nitrogen and oxygen atoms in total. The predicted octanol–water partition coefficient (Wildman–Crippen LogP) is 3.55. The Hall–Kier alpha value is -1.91. The zero-order valence-electron chi connectivity index (χ0n) is 19.2. The van der Waals surface area contributed by atoms with E-state index in [9.17, 15) is 4.39 Å². The lowest BCUT2D eigenvalue weighted by molar-refractivity contribution is 0.0179. The Kier molecular flexibility index (Phi) is 10.2. The zero-order chi connectivity index (χ0) is 22.2. The average molecular weight is 568 g/mol. The van der Waals surface area contributed by atoms with Crippen LogP contribution in [0, 0.1) is 5.82 Å². The Bertz CT molecular complexity index is 921. The second-order valence-electron chi connectivity index (χ2n) is 8.16. The number of benzene rings is 2. The fraction of sp³-hybridized carbons (Fsp3) is 0.480. The summed E-state index contributed by atoms with van der Waals surface area (Å²) in [5, 5.41) is 6.78. The van der Waals surface area contributed by atoms with Crippen LogP contribution in [0.15, 0.2) is 47.5 Å². The second kappa shape index (κ2) is 13.1. The SMILES string of the molecule is CCNC(=NCC(c1cccc(F)c1)N1CCOCC1)NCCc1ccc2c(c1)CCO2.I. The maximum absolute atomic E-state index is 13.9. The van der Waals surface area contributed by atoms with E-state index < -0.39 is 0 Å². The Morgan fingerprint density at radius 3 is 2.76 bits per heavy atom. The molecule has 0 radical (unpaired) electrons. The molecule has 33 heavy (non-hydrogen) atoms. The summed E-state index contributed by atoms with van der Waals surface area (Å²) >= 11 is 0. The van der Waals surface area contributed by atoms with Gasteiger partial charge in [-0.2, -0.15) is 0 Å². The van der Waals surface area contributed by atoms with Crippen molar-refractivity contribution in [2.24, 2.45) is 4.99 Å². The maximum atomic E-state index is 13.9. The third kappa shape index (κ3) is 7.28. The van der Waals surface area contributed by atoms with Gasteiger partial charge in [0.25, 0.3) is 0 Å². The molecule has 4 rings (SSSR count). The smallest absolute Gasteiger partial charge is 0.191 e. The van der Waals surface area contributed by atoms with Crippen LogP contribution in [-0.2, 0) is 17.6 Å². The van der Waals surface area contributed by atoms with Gasteiger partial charge in [0.05, 0.1) is 32.4 Å². The molecule has 0 amide bonds. The summed E-state index contributed by atoms with van der Waals surface area (Å²) in [6.07, 6.45) is 1.90. The van der Waals surface area contributed by atoms with Crippen LogP contribution >= 0.6 is 24.0 Å². The van der Waals surface area contributed by atoms with Crippen LogP contribution in [-0.4, -0.2) is 63.4 Å². The quantitative estimate of drug-likeness (QED) is 0.290. The van der Waals surface area contributed by atoms with Gasteiger partial charge in [0.15, 0.2) is 5.96 Å². The van der Waals surface area contributed by atoms with Gasteiger partial charge in [0.2, 0.25) is 0 Å². The van der Waals surface area contributed by atoms with E-state index in [4.69, 9.17) is 14.5 Å². The molecule has 180 valence electrons. The zero-order valence-corrected chi connectivity index (χ0v) is 21.5. The highest BCUT2D eigenvalue weighted by Gasteiger charge is 2.23. The van der Waals surface area contributed by atoms with Crippen molar-refractivity contribution >= 4 is 29.9 Å². The van der Waals surface area contributed by atoms with Crippen molar-refractivity contribution in [1.82, 2.24) is 15.5 Å². The number of hydrogen-bond donors (Lipinski definition) is 2. The highest BCUT2D eigenvalue weighted by molar-refractivity contribution is 14.0. The van der Waals surface area contributed by atoms with E-state index in [0.717, 1.165) is 62.9 Å². The monoisotopic (exact) mass is 568 g/mol. The van der Waals surface area contributed by atoms with Gasteiger partial charge < -0.3 is 20.1 Å². The molecule has 0 saturated carbocycles. The molecule has 1 atom stereocenters. The summed E-state index contributed by atoms with van der Waals surface area (Å²) < 4.78 is 25.0. The molecule has 0 aliphatic carbocycles. The number of halogens is 2. The van der Waals surface area contributed by atoms with E-state index in [1.54, 1.807) is 12.1 Å². The number of ether oxygens (including phenoxy) is 2. The summed E-state index contributed by atoms with van der Waals surface area (Å²) in [7, 11) is 0. The Morgan fingerprint density at radius 2 is 1.97 bits per heavy atom. The topological polar surface area (TPSA) is 58.1 Å². The molecule has 0 aromatic heterocycles. The van der Waals surface area contributed by atoms with Crippen molar-refractivity contribution in [3.8, 4) is 5.75 Å². The van der Waals surface area contributed by atoms with E-state index in [-0.39, 0.29) is 35.8 Å². The Balaban J connectivity index is 0.00000306. The van der Waals surface area contributed by atoms with Crippen molar-refractivity contribution in [2.75, 3.05) is 52.5 Å². The number of fused-ring (bicyclic) bond motifs is 1. The van der Waals surface area contributed by atoms with Gasteiger partial charge in [0.1, 0.15) is 11.6 Å². The maximum Gasteiger partial charge on any atom is 0.191 e. The van der Waals surface area contributed by atoms with Crippen LogP contribution in [0.25, 0.3) is 0 Å². The first kappa shape index (κ1) is 25.7. The molecular formula is C25H34FIN4O2. The van der Waals surface area contributed by atoms with Crippen LogP contribution in [0.4, 0.5) is 4.39 Å². The number of rotatable bonds is 8. The van der Waals surface area contributed by atoms with E-state index in [1.807, 2.05) is 6.07 Å². The van der Waals surface area contributed by atoms with Crippen molar-refractivity contribution in [2.45, 2.75) is 25.8 Å². The van der Waals surface area contributed by atoms with E-state index in [0.29, 0.717) is 19.8 Å². The third-order valence-electron chi connectivity index (χ3n) is 5.95. The first-order valence-electron chi connectivity index (χ1n) is 11.6.